The molecular formula is C77H136O32. The zero-order chi connectivity index (χ0) is 79.3. The van der Waals surface area contributed by atoms with Crippen LogP contribution in [0.3, 0.4) is 0 Å². The molecule has 636 valence electrons. The third-order valence-electron chi connectivity index (χ3n) is 16.0. The van der Waals surface area contributed by atoms with E-state index in [1.165, 1.54) is 0 Å². The van der Waals surface area contributed by atoms with Crippen LogP contribution in [0, 0.1) is 0 Å². The Kier molecular flexibility index (Phi) is 77.5. The lowest BCUT2D eigenvalue weighted by Crippen LogP contribution is -2.11. The first-order valence-corrected chi connectivity index (χ1v) is 40.3. The molecule has 0 bridgehead atoms. The van der Waals surface area contributed by atoms with E-state index in [4.69, 9.17) is 104 Å². The number of unbranched alkanes of at least 4 members (excludes halogenated alkanes) is 32. The fourth-order valence-electron chi connectivity index (χ4n) is 9.77. The Bertz CT molecular complexity index is 2170. The summed E-state index contributed by atoms with van der Waals surface area (Å²) in [5.41, 5.74) is 0. The molecule has 0 radical (unpaired) electrons. The summed E-state index contributed by atoms with van der Waals surface area (Å²) in [5.74, 6) is 0. The maximum Gasteiger partial charge on any atom is 0.508 e. The van der Waals surface area contributed by atoms with Crippen molar-refractivity contribution in [3.63, 3.8) is 0 Å². The van der Waals surface area contributed by atoms with Gasteiger partial charge in [-0.1, -0.05) is 6.42 Å². The third kappa shape index (κ3) is 82.9. The van der Waals surface area contributed by atoms with Gasteiger partial charge < -0.3 is 104 Å². The monoisotopic (exact) mass is 1570 g/mol. The van der Waals surface area contributed by atoms with E-state index < -0.39 is 61.6 Å². The first-order valence-electron chi connectivity index (χ1n) is 40.3. The number of carbonyl (C=O) groups is 10. The molecule has 0 saturated carbocycles. The molecular weight excluding hydrogens is 1440 g/mol. The molecule has 0 aromatic carbocycles. The number of rotatable bonds is 76. The maximum atomic E-state index is 11.9. The summed E-state index contributed by atoms with van der Waals surface area (Å²) in [7, 11) is 3.33. The van der Waals surface area contributed by atoms with Crippen molar-refractivity contribution in [3.05, 3.63) is 0 Å². The van der Waals surface area contributed by atoms with Crippen molar-refractivity contribution >= 4 is 61.6 Å². The maximum absolute atomic E-state index is 11.9. The highest BCUT2D eigenvalue weighted by atomic mass is 16.8. The summed E-state index contributed by atoms with van der Waals surface area (Å²) < 4.78 is 112. The lowest BCUT2D eigenvalue weighted by atomic mass is 10.2. The van der Waals surface area contributed by atoms with Crippen LogP contribution in [0.15, 0.2) is 0 Å². The summed E-state index contributed by atoms with van der Waals surface area (Å²) in [6.07, 6.45) is 25.4. The van der Waals surface area contributed by atoms with Gasteiger partial charge in [0.15, 0.2) is 0 Å². The molecule has 0 rings (SSSR count). The SMILES string of the molecule is COCCCCCCOC(=O)OCCCCCCOC(=O)OCCCCCCOC(=O)OCCCCCCOC(=O)OCCCCCCOC(=O)OCCCCCCOC(=O)OCCCCCCOC(=O)OCCCCCCOC(=O)OCCCCCCOC(=O)OCCCCCCOC(=O)OCCCCCOC. The van der Waals surface area contributed by atoms with Crippen LogP contribution in [-0.2, 0) is 104 Å². The molecule has 0 aromatic heterocycles. The van der Waals surface area contributed by atoms with Crippen molar-refractivity contribution in [2.24, 2.45) is 0 Å². The summed E-state index contributed by atoms with van der Waals surface area (Å²) >= 11 is 0. The fraction of sp³-hybridized carbons (Fsp3) is 0.870. The average molecular weight is 1570 g/mol. The van der Waals surface area contributed by atoms with Crippen molar-refractivity contribution < 1.29 is 152 Å². The van der Waals surface area contributed by atoms with Crippen molar-refractivity contribution in [3.8, 4) is 0 Å². The minimum Gasteiger partial charge on any atom is -0.434 e. The lowest BCUT2D eigenvalue weighted by Gasteiger charge is -2.08. The molecule has 0 atom stereocenters. The third-order valence-corrected chi connectivity index (χ3v) is 16.0. The quantitative estimate of drug-likeness (QED) is 0.0310. The molecule has 32 nitrogen and oxygen atoms in total. The van der Waals surface area contributed by atoms with Crippen LogP contribution in [0.2, 0.25) is 0 Å². The van der Waals surface area contributed by atoms with Gasteiger partial charge in [0, 0.05) is 27.4 Å². The molecule has 0 unspecified atom stereocenters. The Morgan fingerprint density at radius 1 is 0.110 bits per heavy atom. The number of carbonyl (C=O) groups excluding carboxylic acids is 10. The van der Waals surface area contributed by atoms with Gasteiger partial charge in [0.05, 0.1) is 132 Å². The first-order chi connectivity index (χ1) is 53.4. The molecule has 32 heteroatoms. The summed E-state index contributed by atoms with van der Waals surface area (Å²) in [5, 5.41) is 0. The van der Waals surface area contributed by atoms with Gasteiger partial charge in [0.2, 0.25) is 0 Å². The van der Waals surface area contributed by atoms with Gasteiger partial charge in [0.1, 0.15) is 0 Å². The Hall–Kier alpha value is -7.38. The van der Waals surface area contributed by atoms with E-state index >= 15 is 0 Å². The van der Waals surface area contributed by atoms with E-state index in [1.54, 1.807) is 14.2 Å². The van der Waals surface area contributed by atoms with Crippen LogP contribution >= 0.6 is 0 Å². The van der Waals surface area contributed by atoms with E-state index in [1.807, 2.05) is 0 Å². The van der Waals surface area contributed by atoms with Crippen LogP contribution in [0.5, 0.6) is 0 Å². The predicted octanol–water partition coefficient (Wildman–Crippen LogP) is 18.6. The second kappa shape index (κ2) is 83.1. The average Bonchev–Trinajstić information content (AvgIpc) is 2.59. The number of hydrogen-bond acceptors (Lipinski definition) is 32. The van der Waals surface area contributed by atoms with E-state index in [2.05, 4.69) is 0 Å². The molecule has 0 aliphatic rings. The Balaban J connectivity index is 3.43. The highest BCUT2D eigenvalue weighted by Crippen LogP contribution is 2.12. The summed E-state index contributed by atoms with van der Waals surface area (Å²) in [6, 6.07) is 0. The van der Waals surface area contributed by atoms with Gasteiger partial charge in [-0.15, -0.1) is 0 Å². The first kappa shape index (κ1) is 102. The number of ether oxygens (including phenoxy) is 22. The highest BCUT2D eigenvalue weighted by Gasteiger charge is 2.13. The van der Waals surface area contributed by atoms with Gasteiger partial charge in [-0.25, -0.2) is 47.9 Å². The molecule has 0 saturated heterocycles. The number of hydrogen-bond donors (Lipinski definition) is 0. The van der Waals surface area contributed by atoms with E-state index in [9.17, 15) is 47.9 Å². The Labute approximate surface area is 647 Å². The van der Waals surface area contributed by atoms with Gasteiger partial charge in [-0.05, 0) is 270 Å². The standard InChI is InChI=1S/C77H136O32/c1-88-46-24-3-4-26-48-90-68(78)91-49-27-5-6-28-50-92-69(79)93-51-29-7-8-30-52-94-70(80)95-53-31-9-10-32-54-96-71(81)97-55-33-11-12-34-56-98-72(82)99-57-35-13-14-36-58-100-73(83)101-59-37-15-16-38-60-102-74(84)103-61-39-17-18-40-62-104-75(85)105-63-41-19-20-42-64-106-76(86)107-65-43-21-22-44-66-108-77(87)109-67-45-23-25-47-89-2/h3-67H2,1-2H3. The lowest BCUT2D eigenvalue weighted by molar-refractivity contribution is 0.0472. The molecule has 0 heterocycles. The minimum absolute atomic E-state index is 0.217. The molecule has 0 amide bonds. The molecule has 109 heavy (non-hydrogen) atoms. The van der Waals surface area contributed by atoms with E-state index in [-0.39, 0.29) is 119 Å². The molecule has 0 aliphatic carbocycles. The second-order valence-corrected chi connectivity index (χ2v) is 25.7. The highest BCUT2D eigenvalue weighted by molar-refractivity contribution is 5.62. The second-order valence-electron chi connectivity index (χ2n) is 25.7. The van der Waals surface area contributed by atoms with Gasteiger partial charge in [0.25, 0.3) is 0 Å². The molecule has 0 spiro atoms. The normalized spacial score (nSPS) is 10.7. The molecule has 0 aliphatic heterocycles. The van der Waals surface area contributed by atoms with Crippen molar-refractivity contribution in [1.29, 1.82) is 0 Å². The van der Waals surface area contributed by atoms with Gasteiger partial charge in [-0.2, -0.15) is 0 Å². The molecule has 0 fully saturated rings. The molecule has 0 N–H and O–H groups in total. The van der Waals surface area contributed by atoms with Crippen LogP contribution in [-0.4, -0.2) is 221 Å². The van der Waals surface area contributed by atoms with Crippen molar-refractivity contribution in [1.82, 2.24) is 0 Å². The van der Waals surface area contributed by atoms with Gasteiger partial charge >= 0.3 is 61.6 Å². The Morgan fingerprint density at radius 3 is 0.248 bits per heavy atom. The largest absolute Gasteiger partial charge is 0.508 e. The summed E-state index contributed by atoms with van der Waals surface area (Å²) in [4.78, 5) is 118. The van der Waals surface area contributed by atoms with Crippen LogP contribution < -0.4 is 0 Å². The smallest absolute Gasteiger partial charge is 0.434 e. The van der Waals surface area contributed by atoms with E-state index in [0.29, 0.717) is 135 Å². The fourth-order valence-corrected chi connectivity index (χ4v) is 9.77. The van der Waals surface area contributed by atoms with Crippen LogP contribution in [0.25, 0.3) is 0 Å². The topological polar surface area (TPSA) is 374 Å². The van der Waals surface area contributed by atoms with Gasteiger partial charge in [-0.3, -0.25) is 0 Å². The number of methoxy groups -OCH3 is 2. The van der Waals surface area contributed by atoms with Crippen molar-refractivity contribution in [2.75, 3.05) is 160 Å². The van der Waals surface area contributed by atoms with Crippen LogP contribution in [0.1, 0.15) is 276 Å². The summed E-state index contributed by atoms with van der Waals surface area (Å²) in [6.45, 7) is 6.36. The Morgan fingerprint density at radius 2 is 0.174 bits per heavy atom. The molecule has 0 aromatic rings. The zero-order valence-corrected chi connectivity index (χ0v) is 66.0. The minimum atomic E-state index is -0.726. The zero-order valence-electron chi connectivity index (χ0n) is 66.0. The van der Waals surface area contributed by atoms with Crippen molar-refractivity contribution in [2.45, 2.75) is 276 Å². The van der Waals surface area contributed by atoms with E-state index in [0.717, 1.165) is 167 Å². The van der Waals surface area contributed by atoms with Crippen LogP contribution in [0.4, 0.5) is 47.9 Å². The predicted molar refractivity (Wildman–Crippen MR) is 395 cm³/mol.